The van der Waals surface area contributed by atoms with Crippen LogP contribution in [-0.2, 0) is 6.54 Å². The van der Waals surface area contributed by atoms with Crippen molar-refractivity contribution in [1.82, 2.24) is 9.78 Å². The van der Waals surface area contributed by atoms with Crippen LogP contribution in [0.4, 0.5) is 0 Å². The lowest BCUT2D eigenvalue weighted by Gasteiger charge is -2.07. The molecule has 0 aliphatic carbocycles. The van der Waals surface area contributed by atoms with Crippen LogP contribution in [0.2, 0.25) is 10.0 Å². The van der Waals surface area contributed by atoms with Gasteiger partial charge in [0.05, 0.1) is 34.6 Å². The molecule has 0 N–H and O–H groups in total. The van der Waals surface area contributed by atoms with E-state index in [-0.39, 0.29) is 0 Å². The molecular weight excluding hydrogens is 269 g/mol. The second-order valence-corrected chi connectivity index (χ2v) is 4.85. The first-order valence-electron chi connectivity index (χ1n) is 5.41. The van der Waals surface area contributed by atoms with E-state index < -0.39 is 0 Å². The van der Waals surface area contributed by atoms with Crippen molar-refractivity contribution in [2.75, 3.05) is 0 Å². The Morgan fingerprint density at radius 2 is 2.06 bits per heavy atom. The minimum Gasteiger partial charge on any atom is -0.264 e. The van der Waals surface area contributed by atoms with E-state index in [1.807, 2.05) is 24.6 Å². The van der Waals surface area contributed by atoms with Crippen LogP contribution in [0.3, 0.4) is 0 Å². The Morgan fingerprint density at radius 3 is 2.56 bits per heavy atom. The molecule has 0 saturated heterocycles. The van der Waals surface area contributed by atoms with Crippen molar-refractivity contribution in [3.8, 4) is 6.07 Å². The Labute approximate surface area is 116 Å². The molecule has 2 aromatic rings. The van der Waals surface area contributed by atoms with E-state index in [1.165, 1.54) is 0 Å². The highest BCUT2D eigenvalue weighted by atomic mass is 35.5. The van der Waals surface area contributed by atoms with Gasteiger partial charge in [-0.05, 0) is 31.5 Å². The number of aromatic nitrogens is 2. The summed E-state index contributed by atoms with van der Waals surface area (Å²) in [7, 11) is 0. The molecule has 0 bridgehead atoms. The normalized spacial score (nSPS) is 10.4. The average molecular weight is 280 g/mol. The predicted octanol–water partition coefficient (Wildman–Crippen LogP) is 3.73. The van der Waals surface area contributed by atoms with Gasteiger partial charge in [-0.3, -0.25) is 4.68 Å². The van der Waals surface area contributed by atoms with E-state index in [4.69, 9.17) is 28.5 Å². The number of hydrogen-bond donors (Lipinski definition) is 0. The highest BCUT2D eigenvalue weighted by Gasteiger charge is 2.11. The number of benzene rings is 1. The van der Waals surface area contributed by atoms with Crippen LogP contribution in [0.15, 0.2) is 18.2 Å². The summed E-state index contributed by atoms with van der Waals surface area (Å²) in [4.78, 5) is 0. The molecule has 18 heavy (non-hydrogen) atoms. The van der Waals surface area contributed by atoms with Crippen LogP contribution < -0.4 is 0 Å². The lowest BCUT2D eigenvalue weighted by molar-refractivity contribution is 0.659. The number of halogens is 2. The molecule has 5 heteroatoms. The fraction of sp³-hybridized carbons (Fsp3) is 0.231. The van der Waals surface area contributed by atoms with Crippen molar-refractivity contribution in [3.05, 3.63) is 50.8 Å². The molecule has 0 fully saturated rings. The summed E-state index contributed by atoms with van der Waals surface area (Å²) in [6.45, 7) is 4.33. The number of nitriles is 1. The van der Waals surface area contributed by atoms with Crippen LogP contribution in [0.5, 0.6) is 0 Å². The van der Waals surface area contributed by atoms with Gasteiger partial charge < -0.3 is 0 Å². The standard InChI is InChI=1S/C13H11Cl2N3/c1-8-13(15)9(2)18(17-8)7-11-4-3-10(6-16)5-12(11)14/h3-5H,7H2,1-2H3. The molecule has 0 radical (unpaired) electrons. The average Bonchev–Trinajstić information content (AvgIpc) is 2.59. The van der Waals surface area contributed by atoms with Gasteiger partial charge in [-0.2, -0.15) is 10.4 Å². The molecule has 0 saturated carbocycles. The first-order valence-corrected chi connectivity index (χ1v) is 6.16. The van der Waals surface area contributed by atoms with Gasteiger partial charge in [0.2, 0.25) is 0 Å². The molecule has 0 aliphatic rings. The van der Waals surface area contributed by atoms with Gasteiger partial charge >= 0.3 is 0 Å². The number of hydrogen-bond acceptors (Lipinski definition) is 2. The van der Waals surface area contributed by atoms with E-state index in [0.29, 0.717) is 22.2 Å². The summed E-state index contributed by atoms with van der Waals surface area (Å²) in [6, 6.07) is 7.30. The van der Waals surface area contributed by atoms with Crippen molar-refractivity contribution in [3.63, 3.8) is 0 Å². The van der Waals surface area contributed by atoms with Gasteiger partial charge in [-0.1, -0.05) is 29.3 Å². The number of nitrogens with zero attached hydrogens (tertiary/aromatic N) is 3. The molecule has 1 heterocycles. The number of aryl methyl sites for hydroxylation is 1. The van der Waals surface area contributed by atoms with Gasteiger partial charge in [0.25, 0.3) is 0 Å². The second-order valence-electron chi connectivity index (χ2n) is 4.06. The molecule has 0 amide bonds. The third-order valence-corrected chi connectivity index (χ3v) is 3.69. The Hall–Kier alpha value is -1.50. The minimum atomic E-state index is 0.546. The summed E-state index contributed by atoms with van der Waals surface area (Å²) in [5, 5.41) is 14.4. The van der Waals surface area contributed by atoms with E-state index >= 15 is 0 Å². The fourth-order valence-electron chi connectivity index (χ4n) is 1.74. The van der Waals surface area contributed by atoms with Crippen LogP contribution in [-0.4, -0.2) is 9.78 Å². The van der Waals surface area contributed by atoms with Crippen molar-refractivity contribution >= 4 is 23.2 Å². The van der Waals surface area contributed by atoms with Crippen molar-refractivity contribution in [1.29, 1.82) is 5.26 Å². The van der Waals surface area contributed by atoms with Crippen molar-refractivity contribution < 1.29 is 0 Å². The summed E-state index contributed by atoms with van der Waals surface area (Å²) >= 11 is 12.2. The largest absolute Gasteiger partial charge is 0.264 e. The Morgan fingerprint density at radius 1 is 1.33 bits per heavy atom. The summed E-state index contributed by atoms with van der Waals surface area (Å²) in [6.07, 6.45) is 0. The third-order valence-electron chi connectivity index (χ3n) is 2.80. The summed E-state index contributed by atoms with van der Waals surface area (Å²) < 4.78 is 1.81. The molecule has 92 valence electrons. The SMILES string of the molecule is Cc1nn(Cc2ccc(C#N)cc2Cl)c(C)c1Cl. The molecule has 0 unspecified atom stereocenters. The topological polar surface area (TPSA) is 41.6 Å². The Balaban J connectivity index is 2.35. The highest BCUT2D eigenvalue weighted by molar-refractivity contribution is 6.32. The first kappa shape index (κ1) is 12.9. The van der Waals surface area contributed by atoms with Gasteiger partial charge in [0, 0.05) is 5.02 Å². The maximum absolute atomic E-state index is 8.78. The van der Waals surface area contributed by atoms with Crippen LogP contribution in [0, 0.1) is 25.2 Å². The second kappa shape index (κ2) is 5.01. The van der Waals surface area contributed by atoms with E-state index in [9.17, 15) is 0 Å². The molecule has 0 aliphatic heterocycles. The van der Waals surface area contributed by atoms with Crippen LogP contribution >= 0.6 is 23.2 Å². The molecule has 0 spiro atoms. The van der Waals surface area contributed by atoms with Crippen LogP contribution in [0.1, 0.15) is 22.5 Å². The third kappa shape index (κ3) is 2.35. The highest BCUT2D eigenvalue weighted by Crippen LogP contribution is 2.23. The zero-order valence-corrected chi connectivity index (χ0v) is 11.5. The Bertz CT molecular complexity index is 638. The Kier molecular flexibility index (Phi) is 3.60. The number of rotatable bonds is 2. The van der Waals surface area contributed by atoms with Gasteiger partial charge in [-0.15, -0.1) is 0 Å². The molecule has 2 rings (SSSR count). The maximum atomic E-state index is 8.78. The van der Waals surface area contributed by atoms with Crippen molar-refractivity contribution in [2.45, 2.75) is 20.4 Å². The van der Waals surface area contributed by atoms with Gasteiger partial charge in [0.1, 0.15) is 0 Å². The van der Waals surface area contributed by atoms with Crippen molar-refractivity contribution in [2.24, 2.45) is 0 Å². The van der Waals surface area contributed by atoms with Gasteiger partial charge in [-0.25, -0.2) is 0 Å². The first-order chi connectivity index (χ1) is 8.52. The zero-order valence-electron chi connectivity index (χ0n) is 10.0. The predicted molar refractivity (Wildman–Crippen MR) is 72.0 cm³/mol. The zero-order chi connectivity index (χ0) is 13.3. The molecule has 0 atom stereocenters. The van der Waals surface area contributed by atoms with E-state index in [1.54, 1.807) is 12.1 Å². The fourth-order valence-corrected chi connectivity index (χ4v) is 2.11. The summed E-state index contributed by atoms with van der Waals surface area (Å²) in [5.41, 5.74) is 3.18. The molecular formula is C13H11Cl2N3. The van der Waals surface area contributed by atoms with E-state index in [2.05, 4.69) is 11.2 Å². The molecule has 1 aromatic heterocycles. The summed E-state index contributed by atoms with van der Waals surface area (Å²) in [5.74, 6) is 0. The molecule has 1 aromatic carbocycles. The maximum Gasteiger partial charge on any atom is 0.0992 e. The quantitative estimate of drug-likeness (QED) is 0.841. The lowest BCUT2D eigenvalue weighted by Crippen LogP contribution is -2.04. The minimum absolute atomic E-state index is 0.546. The van der Waals surface area contributed by atoms with Crippen LogP contribution in [0.25, 0.3) is 0 Å². The van der Waals surface area contributed by atoms with Gasteiger partial charge in [0.15, 0.2) is 0 Å². The lowest BCUT2D eigenvalue weighted by atomic mass is 10.1. The monoisotopic (exact) mass is 279 g/mol. The smallest absolute Gasteiger partial charge is 0.0992 e. The van der Waals surface area contributed by atoms with E-state index in [0.717, 1.165) is 17.0 Å². The molecule has 3 nitrogen and oxygen atoms in total.